The van der Waals surface area contributed by atoms with Crippen LogP contribution in [0.25, 0.3) is 0 Å². The Bertz CT molecular complexity index is 1410. The van der Waals surface area contributed by atoms with Crippen molar-refractivity contribution in [3.8, 4) is 0 Å². The summed E-state index contributed by atoms with van der Waals surface area (Å²) in [5, 5.41) is 19.0. The van der Waals surface area contributed by atoms with E-state index in [0.29, 0.717) is 25.0 Å². The molecule has 0 fully saturated rings. The molecule has 256 valence electrons. The number of carbonyl (C=O) groups excluding carboxylic acids is 2. The molecule has 0 saturated heterocycles. The molecule has 0 aliphatic heterocycles. The number of hydrogen-bond donors (Lipinski definition) is 2. The van der Waals surface area contributed by atoms with Crippen molar-refractivity contribution in [2.75, 3.05) is 39.2 Å². The van der Waals surface area contributed by atoms with E-state index in [0.717, 1.165) is 26.4 Å². The Balaban J connectivity index is 0. The normalized spacial score (nSPS) is 16.3. The highest BCUT2D eigenvalue weighted by molar-refractivity contribution is 7.86. The molecule has 4 unspecified atom stereocenters. The Hall–Kier alpha value is -3.00. The van der Waals surface area contributed by atoms with Gasteiger partial charge < -0.3 is 19.7 Å². The van der Waals surface area contributed by atoms with E-state index in [9.17, 15) is 63.1 Å². The predicted molar refractivity (Wildman–Crippen MR) is 146 cm³/mol. The highest BCUT2D eigenvalue weighted by atomic mass is 32.2. The second-order valence-electron chi connectivity index (χ2n) is 8.31. The zero-order valence-corrected chi connectivity index (χ0v) is 27.3. The van der Waals surface area contributed by atoms with Gasteiger partial charge in [0.2, 0.25) is 23.4 Å². The minimum absolute atomic E-state index is 0.481. The van der Waals surface area contributed by atoms with Crippen molar-refractivity contribution in [2.45, 2.75) is 36.3 Å². The molecule has 0 bridgehead atoms. The molecule has 0 spiro atoms. The molecule has 0 amide bonds. The summed E-state index contributed by atoms with van der Waals surface area (Å²) in [5.74, 6) is -6.79. The van der Waals surface area contributed by atoms with Crippen LogP contribution in [0.4, 0.5) is 0 Å². The smallest absolute Gasteiger partial charge is 0.341 e. The maximum absolute atomic E-state index is 11.8. The maximum atomic E-state index is 11.8. The Kier molecular flexibility index (Phi) is 16.0. The molecule has 0 rings (SSSR count). The lowest BCUT2D eigenvalue weighted by molar-refractivity contribution is -0.193. The summed E-state index contributed by atoms with van der Waals surface area (Å²) in [6.07, 6.45) is -2.19. The lowest BCUT2D eigenvalue weighted by Gasteiger charge is -2.41. The third-order valence-electron chi connectivity index (χ3n) is 4.49. The molecule has 0 aliphatic rings. The quantitative estimate of drug-likeness (QED) is 0.0859. The number of aliphatic carboxylic acids is 2. The predicted octanol–water partition coefficient (Wildman–Crippen LogP) is -2.24. The van der Waals surface area contributed by atoms with Crippen LogP contribution in [0.1, 0.15) is 12.8 Å². The minimum atomic E-state index is -4.54. The van der Waals surface area contributed by atoms with Crippen molar-refractivity contribution < 1.29 is 89.3 Å². The molecule has 4 atom stereocenters. The van der Waals surface area contributed by atoms with Crippen LogP contribution in [0.15, 0.2) is 25.3 Å². The first-order chi connectivity index (χ1) is 19.6. The first kappa shape index (κ1) is 43.1. The SMILES string of the molecule is C=CCC(OS(C)(=O)=O)(C(=O)O)C(CC=C)(OS(C)(=O)=O)C(=O)O.COC(=O)C(OS(C)(=O)=O)C(OS(C)(=O)=O)C(=O)OC. The Morgan fingerprint density at radius 1 is 0.614 bits per heavy atom. The molecule has 0 aromatic rings. The standard InChI is InChI=1S/C12H18O10S2.C8H14O10S2/c1-5-7-11(9(13)14,21-23(3,17)18)12(8-6-2,10(15)16)22-24(4,19)20;1-15-7(9)5(17-19(3,11)12)6(8(10)16-2)18-20(4,13)14/h5-6H,1-2,7-8H2,3-4H3,(H,13,14)(H,15,16);5-6H,1-4H3. The molecule has 0 heterocycles. The van der Waals surface area contributed by atoms with Gasteiger partial charge in [0, 0.05) is 12.8 Å². The van der Waals surface area contributed by atoms with Crippen molar-refractivity contribution >= 4 is 64.3 Å². The zero-order valence-electron chi connectivity index (χ0n) is 24.0. The summed E-state index contributed by atoms with van der Waals surface area (Å²) in [4.78, 5) is 46.5. The van der Waals surface area contributed by atoms with E-state index in [2.05, 4.69) is 39.4 Å². The van der Waals surface area contributed by atoms with Crippen molar-refractivity contribution in [1.29, 1.82) is 0 Å². The lowest BCUT2D eigenvalue weighted by atomic mass is 9.78. The molecule has 24 heteroatoms. The minimum Gasteiger partial charge on any atom is -0.479 e. The third kappa shape index (κ3) is 13.7. The van der Waals surface area contributed by atoms with Gasteiger partial charge in [-0.1, -0.05) is 12.2 Å². The van der Waals surface area contributed by atoms with Gasteiger partial charge in [-0.15, -0.1) is 13.2 Å². The van der Waals surface area contributed by atoms with Crippen molar-refractivity contribution in [1.82, 2.24) is 0 Å². The molecular weight excluding hydrogens is 688 g/mol. The summed E-state index contributed by atoms with van der Waals surface area (Å²) in [6.45, 7) is 6.45. The average Bonchev–Trinajstić information content (AvgIpc) is 2.81. The molecule has 2 N–H and O–H groups in total. The van der Waals surface area contributed by atoms with E-state index in [1.54, 1.807) is 0 Å². The molecule has 0 radical (unpaired) electrons. The topological polar surface area (TPSA) is 301 Å². The van der Waals surface area contributed by atoms with Gasteiger partial charge in [-0.3, -0.25) is 8.37 Å². The van der Waals surface area contributed by atoms with Crippen LogP contribution in [0.2, 0.25) is 0 Å². The molecule has 44 heavy (non-hydrogen) atoms. The van der Waals surface area contributed by atoms with Gasteiger partial charge in [0.05, 0.1) is 39.2 Å². The van der Waals surface area contributed by atoms with Gasteiger partial charge in [0.15, 0.2) is 0 Å². The van der Waals surface area contributed by atoms with E-state index in [4.69, 9.17) is 0 Å². The number of carboxylic acid groups (broad SMARTS) is 2. The lowest BCUT2D eigenvalue weighted by Crippen LogP contribution is -2.67. The van der Waals surface area contributed by atoms with Crippen LogP contribution in [-0.4, -0.2) is 130 Å². The Morgan fingerprint density at radius 3 is 1.00 bits per heavy atom. The van der Waals surface area contributed by atoms with Crippen molar-refractivity contribution in [3.05, 3.63) is 25.3 Å². The highest BCUT2D eigenvalue weighted by Crippen LogP contribution is 2.40. The molecular formula is C20H32O20S4. The van der Waals surface area contributed by atoms with Crippen LogP contribution in [-0.2, 0) is 85.9 Å². The van der Waals surface area contributed by atoms with Gasteiger partial charge in [0.1, 0.15) is 0 Å². The van der Waals surface area contributed by atoms with Crippen LogP contribution in [0.5, 0.6) is 0 Å². The van der Waals surface area contributed by atoms with Gasteiger partial charge in [-0.25, -0.2) is 27.5 Å². The monoisotopic (exact) mass is 720 g/mol. The van der Waals surface area contributed by atoms with E-state index in [1.165, 1.54) is 0 Å². The summed E-state index contributed by atoms with van der Waals surface area (Å²) in [7, 11) is -15.7. The molecule has 0 aromatic carbocycles. The number of hydrogen-bond acceptors (Lipinski definition) is 18. The van der Waals surface area contributed by atoms with Crippen LogP contribution in [0.3, 0.4) is 0 Å². The van der Waals surface area contributed by atoms with Crippen molar-refractivity contribution in [2.24, 2.45) is 0 Å². The second-order valence-corrected chi connectivity index (χ2v) is 14.7. The fourth-order valence-electron chi connectivity index (χ4n) is 3.08. The zero-order chi connectivity index (χ0) is 35.5. The number of rotatable bonds is 18. The van der Waals surface area contributed by atoms with Crippen molar-refractivity contribution in [3.63, 3.8) is 0 Å². The van der Waals surface area contributed by atoms with E-state index < -0.39 is 101 Å². The average molecular weight is 721 g/mol. The molecule has 20 nitrogen and oxygen atoms in total. The summed E-state index contributed by atoms with van der Waals surface area (Å²) >= 11 is 0. The number of ether oxygens (including phenoxy) is 2. The van der Waals surface area contributed by atoms with Gasteiger partial charge in [-0.05, 0) is 0 Å². The number of methoxy groups -OCH3 is 2. The van der Waals surface area contributed by atoms with E-state index in [-0.39, 0.29) is 0 Å². The van der Waals surface area contributed by atoms with Crippen LogP contribution >= 0.6 is 0 Å². The molecule has 0 aliphatic carbocycles. The van der Waals surface area contributed by atoms with E-state index >= 15 is 0 Å². The maximum Gasteiger partial charge on any atom is 0.341 e. The van der Waals surface area contributed by atoms with Crippen LogP contribution < -0.4 is 0 Å². The van der Waals surface area contributed by atoms with Gasteiger partial charge >= 0.3 is 23.9 Å². The fraction of sp³-hybridized carbons (Fsp3) is 0.600. The molecule has 0 saturated carbocycles. The van der Waals surface area contributed by atoms with E-state index in [1.807, 2.05) is 0 Å². The number of esters is 2. The Morgan fingerprint density at radius 2 is 0.864 bits per heavy atom. The summed E-state index contributed by atoms with van der Waals surface area (Å²) in [6, 6.07) is 0. The third-order valence-corrected chi connectivity index (χ3v) is 6.78. The fourth-order valence-corrected chi connectivity index (χ4v) is 5.78. The largest absolute Gasteiger partial charge is 0.479 e. The first-order valence-electron chi connectivity index (χ1n) is 11.0. The highest BCUT2D eigenvalue weighted by Gasteiger charge is 2.67. The summed E-state index contributed by atoms with van der Waals surface area (Å²) < 4.78 is 117. The van der Waals surface area contributed by atoms with Crippen LogP contribution in [0, 0.1) is 0 Å². The molecule has 0 aromatic heterocycles. The Labute approximate surface area is 254 Å². The second kappa shape index (κ2) is 16.4. The number of carboxylic acids is 2. The first-order valence-corrected chi connectivity index (χ1v) is 18.3. The van der Waals surface area contributed by atoms with Gasteiger partial charge in [-0.2, -0.15) is 33.7 Å². The van der Waals surface area contributed by atoms with Gasteiger partial charge in [0.25, 0.3) is 40.5 Å². The summed E-state index contributed by atoms with van der Waals surface area (Å²) in [5.41, 5.74) is -6.27. The number of carbonyl (C=O) groups is 4.